The molecule has 1 atom stereocenters. The zero-order valence-corrected chi connectivity index (χ0v) is 15.7. The average molecular weight is 366 g/mol. The van der Waals surface area contributed by atoms with Crippen molar-refractivity contribution in [1.82, 2.24) is 14.9 Å². The number of hydrogen-bond acceptors (Lipinski definition) is 5. The van der Waals surface area contributed by atoms with Crippen LogP contribution in [0.4, 0.5) is 5.95 Å². The molecule has 2 aliphatic heterocycles. The number of nitrogens with one attached hydrogen (secondary N) is 1. The summed E-state index contributed by atoms with van der Waals surface area (Å²) in [5.74, 6) is 0.804. The topological polar surface area (TPSA) is 67.4 Å². The van der Waals surface area contributed by atoms with Gasteiger partial charge in [0.15, 0.2) is 0 Å². The van der Waals surface area contributed by atoms with Crippen LogP contribution in [-0.4, -0.2) is 52.1 Å². The van der Waals surface area contributed by atoms with Gasteiger partial charge in [0.2, 0.25) is 5.95 Å². The Labute approximate surface area is 160 Å². The van der Waals surface area contributed by atoms with E-state index in [0.717, 1.165) is 56.5 Å². The quantitative estimate of drug-likeness (QED) is 0.904. The lowest BCUT2D eigenvalue weighted by molar-refractivity contribution is -0.110. The maximum atomic E-state index is 12.9. The highest BCUT2D eigenvalue weighted by Crippen LogP contribution is 2.36. The van der Waals surface area contributed by atoms with E-state index in [4.69, 9.17) is 4.74 Å². The third-order valence-corrected chi connectivity index (χ3v) is 5.73. The fraction of sp³-hybridized carbons (Fsp3) is 0.476. The molecule has 0 radical (unpaired) electrons. The third-order valence-electron chi connectivity index (χ3n) is 5.73. The van der Waals surface area contributed by atoms with Crippen LogP contribution in [0.5, 0.6) is 0 Å². The van der Waals surface area contributed by atoms with Crippen LogP contribution < -0.4 is 5.32 Å². The molecule has 1 amide bonds. The number of benzene rings is 1. The van der Waals surface area contributed by atoms with Crippen molar-refractivity contribution >= 4 is 11.9 Å². The van der Waals surface area contributed by atoms with Crippen molar-refractivity contribution < 1.29 is 9.53 Å². The molecule has 2 saturated heterocycles. The predicted octanol–water partition coefficient (Wildman–Crippen LogP) is 3.05. The monoisotopic (exact) mass is 366 g/mol. The molecule has 2 aromatic rings. The summed E-state index contributed by atoms with van der Waals surface area (Å²) in [7, 11) is 0. The van der Waals surface area contributed by atoms with Gasteiger partial charge in [-0.2, -0.15) is 0 Å². The number of ether oxygens (including phenoxy) is 1. The molecule has 0 aliphatic carbocycles. The Hall–Kier alpha value is -2.47. The smallest absolute Gasteiger partial charge is 0.254 e. The fourth-order valence-electron chi connectivity index (χ4n) is 4.16. The summed E-state index contributed by atoms with van der Waals surface area (Å²) in [6.45, 7) is 4.20. The minimum absolute atomic E-state index is 0.131. The van der Waals surface area contributed by atoms with Crippen LogP contribution in [0.2, 0.25) is 0 Å². The number of nitrogens with zero attached hydrogens (tertiary/aromatic N) is 3. The van der Waals surface area contributed by atoms with Crippen LogP contribution in [0.15, 0.2) is 42.7 Å². The summed E-state index contributed by atoms with van der Waals surface area (Å²) in [6.07, 6.45) is 7.13. The average Bonchev–Trinajstić information content (AvgIpc) is 2.69. The lowest BCUT2D eigenvalue weighted by Crippen LogP contribution is -2.52. The first-order valence-electron chi connectivity index (χ1n) is 9.68. The van der Waals surface area contributed by atoms with Crippen LogP contribution in [0.1, 0.15) is 41.6 Å². The number of hydrogen-bond donors (Lipinski definition) is 1. The van der Waals surface area contributed by atoms with E-state index in [1.54, 1.807) is 12.4 Å². The second kappa shape index (κ2) is 7.64. The van der Waals surface area contributed by atoms with Crippen molar-refractivity contribution in [3.05, 3.63) is 53.9 Å². The molecule has 6 heteroatoms. The van der Waals surface area contributed by atoms with Gasteiger partial charge in [-0.25, -0.2) is 9.97 Å². The number of amides is 1. The Morgan fingerprint density at radius 3 is 2.67 bits per heavy atom. The Kier molecular flexibility index (Phi) is 5.07. The SMILES string of the molecule is Cc1ccccc1C(=O)N1CCC2(CC1)CC(Nc1ncccn1)CCO2. The van der Waals surface area contributed by atoms with Crippen molar-refractivity contribution in [2.75, 3.05) is 25.0 Å². The van der Waals surface area contributed by atoms with Gasteiger partial charge in [0.1, 0.15) is 0 Å². The van der Waals surface area contributed by atoms with Crippen molar-refractivity contribution in [2.45, 2.75) is 44.2 Å². The first kappa shape index (κ1) is 17.9. The highest BCUT2D eigenvalue weighted by Gasteiger charge is 2.41. The molecule has 1 spiro atoms. The molecule has 1 unspecified atom stereocenters. The van der Waals surface area contributed by atoms with Crippen molar-refractivity contribution in [2.24, 2.45) is 0 Å². The highest BCUT2D eigenvalue weighted by molar-refractivity contribution is 5.95. The summed E-state index contributed by atoms with van der Waals surface area (Å²) in [6, 6.07) is 9.93. The number of carbonyl (C=O) groups is 1. The van der Waals surface area contributed by atoms with Gasteiger partial charge in [0, 0.05) is 43.7 Å². The zero-order valence-electron chi connectivity index (χ0n) is 15.7. The lowest BCUT2D eigenvalue weighted by atomic mass is 9.82. The molecule has 2 fully saturated rings. The molecule has 3 heterocycles. The van der Waals surface area contributed by atoms with Gasteiger partial charge >= 0.3 is 0 Å². The fourth-order valence-corrected chi connectivity index (χ4v) is 4.16. The molecule has 1 aromatic carbocycles. The molecular formula is C21H26N4O2. The molecule has 0 bridgehead atoms. The van der Waals surface area contributed by atoms with E-state index < -0.39 is 0 Å². The number of rotatable bonds is 3. The Balaban J connectivity index is 1.37. The molecule has 0 saturated carbocycles. The van der Waals surface area contributed by atoms with E-state index in [9.17, 15) is 4.79 Å². The predicted molar refractivity (Wildman–Crippen MR) is 104 cm³/mol. The third kappa shape index (κ3) is 3.95. The van der Waals surface area contributed by atoms with Crippen molar-refractivity contribution in [3.8, 4) is 0 Å². The molecule has 142 valence electrons. The highest BCUT2D eigenvalue weighted by atomic mass is 16.5. The Morgan fingerprint density at radius 2 is 1.93 bits per heavy atom. The molecule has 2 aliphatic rings. The molecule has 1 aromatic heterocycles. The normalized spacial score (nSPS) is 21.8. The van der Waals surface area contributed by atoms with Gasteiger partial charge in [0.25, 0.3) is 5.91 Å². The molecule has 6 nitrogen and oxygen atoms in total. The second-order valence-corrected chi connectivity index (χ2v) is 7.55. The van der Waals surface area contributed by atoms with Gasteiger partial charge < -0.3 is 15.0 Å². The van der Waals surface area contributed by atoms with Crippen LogP contribution in [0.3, 0.4) is 0 Å². The zero-order chi connectivity index (χ0) is 18.7. The van der Waals surface area contributed by atoms with Crippen LogP contribution in [-0.2, 0) is 4.74 Å². The summed E-state index contributed by atoms with van der Waals surface area (Å²) >= 11 is 0. The van der Waals surface area contributed by atoms with Gasteiger partial charge in [-0.15, -0.1) is 0 Å². The van der Waals surface area contributed by atoms with Crippen LogP contribution in [0.25, 0.3) is 0 Å². The van der Waals surface area contributed by atoms with E-state index in [0.29, 0.717) is 12.0 Å². The summed E-state index contributed by atoms with van der Waals surface area (Å²) in [4.78, 5) is 23.4. The molecule has 4 rings (SSSR count). The number of anilines is 1. The second-order valence-electron chi connectivity index (χ2n) is 7.55. The Bertz CT molecular complexity index is 788. The minimum Gasteiger partial charge on any atom is -0.375 e. The number of aromatic nitrogens is 2. The largest absolute Gasteiger partial charge is 0.375 e. The number of likely N-dealkylation sites (tertiary alicyclic amines) is 1. The molecule has 1 N–H and O–H groups in total. The maximum absolute atomic E-state index is 12.9. The van der Waals surface area contributed by atoms with Gasteiger partial charge in [-0.3, -0.25) is 4.79 Å². The van der Waals surface area contributed by atoms with Crippen molar-refractivity contribution in [1.29, 1.82) is 0 Å². The lowest BCUT2D eigenvalue weighted by Gasteiger charge is -2.46. The standard InChI is InChI=1S/C21H26N4O2/c1-16-5-2-3-6-18(16)19(26)25-12-8-21(9-13-25)15-17(7-14-27-21)24-20-22-10-4-11-23-20/h2-6,10-11,17H,7-9,12-15H2,1H3,(H,22,23,24). The number of carbonyl (C=O) groups excluding carboxylic acids is 1. The van der Waals surface area contributed by atoms with E-state index in [-0.39, 0.29) is 11.5 Å². The van der Waals surface area contributed by atoms with E-state index >= 15 is 0 Å². The summed E-state index contributed by atoms with van der Waals surface area (Å²) in [5.41, 5.74) is 1.69. The molecular weight excluding hydrogens is 340 g/mol. The van der Waals surface area contributed by atoms with Gasteiger partial charge in [-0.05, 0) is 50.3 Å². The summed E-state index contributed by atoms with van der Waals surface area (Å²) in [5, 5.41) is 3.44. The minimum atomic E-state index is -0.146. The van der Waals surface area contributed by atoms with Gasteiger partial charge in [-0.1, -0.05) is 18.2 Å². The van der Waals surface area contributed by atoms with Gasteiger partial charge in [0.05, 0.1) is 5.60 Å². The van der Waals surface area contributed by atoms with E-state index in [2.05, 4.69) is 15.3 Å². The summed E-state index contributed by atoms with van der Waals surface area (Å²) < 4.78 is 6.21. The van der Waals surface area contributed by atoms with E-state index in [1.807, 2.05) is 42.2 Å². The van der Waals surface area contributed by atoms with Crippen LogP contribution in [0, 0.1) is 6.92 Å². The Morgan fingerprint density at radius 1 is 1.19 bits per heavy atom. The number of aryl methyl sites for hydroxylation is 1. The first-order valence-corrected chi connectivity index (χ1v) is 9.68. The molecule has 27 heavy (non-hydrogen) atoms. The van der Waals surface area contributed by atoms with Crippen molar-refractivity contribution in [3.63, 3.8) is 0 Å². The van der Waals surface area contributed by atoms with Crippen LogP contribution >= 0.6 is 0 Å². The number of piperidine rings is 1. The first-order chi connectivity index (χ1) is 13.2. The van der Waals surface area contributed by atoms with E-state index in [1.165, 1.54) is 0 Å². The maximum Gasteiger partial charge on any atom is 0.254 e.